The molecule has 0 aromatic rings. The molecule has 2 heteroatoms. The summed E-state index contributed by atoms with van der Waals surface area (Å²) in [6.07, 6.45) is 6.63. The fourth-order valence-corrected chi connectivity index (χ4v) is 1.13. The second-order valence-electron chi connectivity index (χ2n) is 3.27. The lowest BCUT2D eigenvalue weighted by Gasteiger charge is -2.05. The summed E-state index contributed by atoms with van der Waals surface area (Å²) >= 11 is 0. The number of unbranched alkanes of at least 4 members (excludes halogenated alkanes) is 1. The highest BCUT2D eigenvalue weighted by Crippen LogP contribution is 2.07. The highest BCUT2D eigenvalue weighted by Gasteiger charge is 2.16. The number of rotatable bonds is 6. The minimum absolute atomic E-state index is 0.0337. The molecular weight excluding hydrogens is 164 g/mol. The van der Waals surface area contributed by atoms with Crippen LogP contribution >= 0.6 is 0 Å². The van der Waals surface area contributed by atoms with Gasteiger partial charge in [-0.15, -0.1) is 0 Å². The highest BCUT2D eigenvalue weighted by atomic mass is 16.1. The summed E-state index contributed by atoms with van der Waals surface area (Å²) in [5.41, 5.74) is 0. The smallest absolute Gasteiger partial charge is 0.140 e. The Balaban J connectivity index is 3.97. The predicted molar refractivity (Wildman–Crippen MR) is 53.5 cm³/mol. The molecule has 0 heterocycles. The maximum Gasteiger partial charge on any atom is 0.140 e. The van der Waals surface area contributed by atoms with Crippen molar-refractivity contribution in [1.82, 2.24) is 0 Å². The van der Waals surface area contributed by atoms with Gasteiger partial charge in [-0.3, -0.25) is 9.59 Å². The molecule has 0 bridgehead atoms. The van der Waals surface area contributed by atoms with Crippen LogP contribution in [0.3, 0.4) is 0 Å². The second-order valence-corrected chi connectivity index (χ2v) is 3.27. The standard InChI is InChI=1S/C11H18O2/c1-4-5-6-7-8-11(9(2)12)10(3)13/h6-7,11H,4-5,8H2,1-3H3/b7-6+. The summed E-state index contributed by atoms with van der Waals surface area (Å²) in [6, 6.07) is 0. The molecule has 13 heavy (non-hydrogen) atoms. The molecule has 0 N–H and O–H groups in total. The van der Waals surface area contributed by atoms with Crippen LogP contribution in [0.25, 0.3) is 0 Å². The van der Waals surface area contributed by atoms with Crippen LogP contribution < -0.4 is 0 Å². The normalized spacial score (nSPS) is 11.1. The maximum atomic E-state index is 11.0. The Kier molecular flexibility index (Phi) is 6.11. The number of allylic oxidation sites excluding steroid dienone is 2. The summed E-state index contributed by atoms with van der Waals surface area (Å²) in [5, 5.41) is 0. The molecule has 0 unspecified atom stereocenters. The van der Waals surface area contributed by atoms with Gasteiger partial charge in [0.1, 0.15) is 11.6 Å². The van der Waals surface area contributed by atoms with Crippen molar-refractivity contribution in [1.29, 1.82) is 0 Å². The van der Waals surface area contributed by atoms with Gasteiger partial charge in [-0.05, 0) is 26.7 Å². The molecule has 0 radical (unpaired) electrons. The third kappa shape index (κ3) is 5.34. The van der Waals surface area contributed by atoms with Crippen LogP contribution in [-0.2, 0) is 9.59 Å². The minimum Gasteiger partial charge on any atom is -0.299 e. The molecule has 0 saturated heterocycles. The van der Waals surface area contributed by atoms with Crippen LogP contribution in [0.1, 0.15) is 40.0 Å². The van der Waals surface area contributed by atoms with E-state index in [9.17, 15) is 9.59 Å². The van der Waals surface area contributed by atoms with E-state index in [4.69, 9.17) is 0 Å². The van der Waals surface area contributed by atoms with Crippen molar-refractivity contribution in [2.45, 2.75) is 40.0 Å². The Labute approximate surface area is 80.0 Å². The van der Waals surface area contributed by atoms with Gasteiger partial charge in [0.25, 0.3) is 0 Å². The summed E-state index contributed by atoms with van der Waals surface area (Å²) in [4.78, 5) is 22.0. The molecule has 0 amide bonds. The summed E-state index contributed by atoms with van der Waals surface area (Å²) in [5.74, 6) is -0.490. The molecule has 0 fully saturated rings. The van der Waals surface area contributed by atoms with E-state index in [1.807, 2.05) is 12.2 Å². The first-order chi connectivity index (χ1) is 6.09. The van der Waals surface area contributed by atoms with Gasteiger partial charge >= 0.3 is 0 Å². The van der Waals surface area contributed by atoms with Crippen molar-refractivity contribution in [2.24, 2.45) is 5.92 Å². The Morgan fingerprint density at radius 2 is 1.69 bits per heavy atom. The molecule has 0 atom stereocenters. The zero-order valence-electron chi connectivity index (χ0n) is 8.67. The molecular formula is C11H18O2. The molecule has 0 aliphatic rings. The number of carbonyl (C=O) groups excluding carboxylic acids is 2. The van der Waals surface area contributed by atoms with Crippen LogP contribution in [-0.4, -0.2) is 11.6 Å². The van der Waals surface area contributed by atoms with Gasteiger partial charge in [-0.2, -0.15) is 0 Å². The van der Waals surface area contributed by atoms with Crippen molar-refractivity contribution >= 4 is 11.6 Å². The van der Waals surface area contributed by atoms with E-state index < -0.39 is 5.92 Å². The Morgan fingerprint density at radius 1 is 1.15 bits per heavy atom. The number of ketones is 2. The second kappa shape index (κ2) is 6.58. The Morgan fingerprint density at radius 3 is 2.08 bits per heavy atom. The van der Waals surface area contributed by atoms with Crippen molar-refractivity contribution < 1.29 is 9.59 Å². The molecule has 0 rings (SSSR count). The molecule has 0 spiro atoms. The van der Waals surface area contributed by atoms with Crippen molar-refractivity contribution in [3.63, 3.8) is 0 Å². The van der Waals surface area contributed by atoms with E-state index >= 15 is 0 Å². The number of hydrogen-bond acceptors (Lipinski definition) is 2. The summed E-state index contributed by atoms with van der Waals surface area (Å²) in [7, 11) is 0. The largest absolute Gasteiger partial charge is 0.299 e. The lowest BCUT2D eigenvalue weighted by molar-refractivity contribution is -0.130. The van der Waals surface area contributed by atoms with E-state index in [1.165, 1.54) is 13.8 Å². The molecule has 74 valence electrons. The lowest BCUT2D eigenvalue weighted by Crippen LogP contribution is -2.18. The molecule has 0 aromatic heterocycles. The quantitative estimate of drug-likeness (QED) is 0.467. The Hall–Kier alpha value is -0.920. The lowest BCUT2D eigenvalue weighted by atomic mass is 9.97. The van der Waals surface area contributed by atoms with Gasteiger partial charge in [0.05, 0.1) is 5.92 Å². The number of Topliss-reactive ketones (excluding diaryl/α,β-unsaturated/α-hetero) is 2. The SMILES string of the molecule is CCC/C=C/CC(C(C)=O)C(C)=O. The van der Waals surface area contributed by atoms with Crippen LogP contribution in [0, 0.1) is 5.92 Å². The first-order valence-corrected chi connectivity index (χ1v) is 4.75. The minimum atomic E-state index is -0.423. The Bertz CT molecular complexity index is 190. The topological polar surface area (TPSA) is 34.1 Å². The molecule has 0 saturated carbocycles. The fraction of sp³-hybridized carbons (Fsp3) is 0.636. The van der Waals surface area contributed by atoms with Crippen molar-refractivity contribution in [3.05, 3.63) is 12.2 Å². The zero-order chi connectivity index (χ0) is 10.3. The predicted octanol–water partition coefficient (Wildman–Crippen LogP) is 2.53. The van der Waals surface area contributed by atoms with Crippen LogP contribution in [0.2, 0.25) is 0 Å². The van der Waals surface area contributed by atoms with Gasteiger partial charge < -0.3 is 0 Å². The zero-order valence-corrected chi connectivity index (χ0v) is 8.67. The average Bonchev–Trinajstić information content (AvgIpc) is 2.02. The molecule has 0 aliphatic heterocycles. The number of hydrogen-bond donors (Lipinski definition) is 0. The van der Waals surface area contributed by atoms with Crippen molar-refractivity contribution in [3.8, 4) is 0 Å². The molecule has 0 aliphatic carbocycles. The maximum absolute atomic E-state index is 11.0. The third-order valence-corrected chi connectivity index (χ3v) is 1.98. The van der Waals surface area contributed by atoms with Gasteiger partial charge in [0, 0.05) is 0 Å². The van der Waals surface area contributed by atoms with E-state index in [0.717, 1.165) is 12.8 Å². The molecule has 2 nitrogen and oxygen atoms in total. The summed E-state index contributed by atoms with van der Waals surface area (Å²) < 4.78 is 0. The van der Waals surface area contributed by atoms with E-state index in [1.54, 1.807) is 0 Å². The van der Waals surface area contributed by atoms with E-state index in [0.29, 0.717) is 6.42 Å². The van der Waals surface area contributed by atoms with Crippen molar-refractivity contribution in [2.75, 3.05) is 0 Å². The average molecular weight is 182 g/mol. The van der Waals surface area contributed by atoms with Gasteiger partial charge in [0.15, 0.2) is 0 Å². The van der Waals surface area contributed by atoms with Crippen LogP contribution in [0.4, 0.5) is 0 Å². The highest BCUT2D eigenvalue weighted by molar-refractivity contribution is 6.00. The monoisotopic (exact) mass is 182 g/mol. The van der Waals surface area contributed by atoms with E-state index in [2.05, 4.69) is 6.92 Å². The van der Waals surface area contributed by atoms with E-state index in [-0.39, 0.29) is 11.6 Å². The van der Waals surface area contributed by atoms with Gasteiger partial charge in [-0.1, -0.05) is 25.5 Å². The summed E-state index contributed by atoms with van der Waals surface area (Å²) in [6.45, 7) is 5.04. The van der Waals surface area contributed by atoms with Crippen LogP contribution in [0.15, 0.2) is 12.2 Å². The first-order valence-electron chi connectivity index (χ1n) is 4.75. The van der Waals surface area contributed by atoms with Crippen LogP contribution in [0.5, 0.6) is 0 Å². The van der Waals surface area contributed by atoms with Gasteiger partial charge in [0.2, 0.25) is 0 Å². The molecule has 0 aromatic carbocycles. The van der Waals surface area contributed by atoms with Gasteiger partial charge in [-0.25, -0.2) is 0 Å². The number of carbonyl (C=O) groups is 2. The third-order valence-electron chi connectivity index (χ3n) is 1.98. The first kappa shape index (κ1) is 12.1. The fourth-order valence-electron chi connectivity index (χ4n) is 1.13.